The monoisotopic (exact) mass is 417 g/mol. The molecule has 1 aromatic heterocycles. The lowest BCUT2D eigenvalue weighted by molar-refractivity contribution is -0.121. The van der Waals surface area contributed by atoms with Crippen molar-refractivity contribution in [3.8, 4) is 11.3 Å². The van der Waals surface area contributed by atoms with Crippen LogP contribution in [0, 0.1) is 12.8 Å². The maximum atomic E-state index is 12.7. The first-order valence-corrected chi connectivity index (χ1v) is 11.3. The molecule has 9 heteroatoms. The topological polar surface area (TPSA) is 141 Å². The summed E-state index contributed by atoms with van der Waals surface area (Å²) < 4.78 is 27.5. The van der Waals surface area contributed by atoms with Crippen molar-refractivity contribution < 1.29 is 13.2 Å². The summed E-state index contributed by atoms with van der Waals surface area (Å²) >= 11 is 0. The highest BCUT2D eigenvalue weighted by Crippen LogP contribution is 2.27. The second-order valence-corrected chi connectivity index (χ2v) is 9.28. The van der Waals surface area contributed by atoms with Crippen LogP contribution in [-0.4, -0.2) is 30.3 Å². The Kier molecular flexibility index (Phi) is 6.49. The number of nitrogens with zero attached hydrogens (tertiary/aromatic N) is 2. The molecule has 0 bridgehead atoms. The minimum absolute atomic E-state index is 0.0388. The average molecular weight is 418 g/mol. The number of sulfonamides is 1. The summed E-state index contributed by atoms with van der Waals surface area (Å²) in [7, 11) is -4.05. The van der Waals surface area contributed by atoms with Crippen molar-refractivity contribution in [1.29, 1.82) is 0 Å². The number of nitrogens with one attached hydrogen (secondary N) is 1. The number of carbonyl (C=O) groups is 1. The second-order valence-electron chi connectivity index (χ2n) is 7.60. The van der Waals surface area contributed by atoms with Gasteiger partial charge in [0, 0.05) is 11.3 Å². The predicted molar refractivity (Wildman–Crippen MR) is 111 cm³/mol. The average Bonchev–Trinajstić information content (AvgIpc) is 2.68. The number of rotatable bonds is 6. The normalized spacial score (nSPS) is 16.3. The van der Waals surface area contributed by atoms with Gasteiger partial charge in [0.1, 0.15) is 0 Å². The molecule has 0 aliphatic heterocycles. The molecule has 0 spiro atoms. The van der Waals surface area contributed by atoms with Crippen LogP contribution < -0.4 is 16.2 Å². The van der Waals surface area contributed by atoms with Crippen LogP contribution in [-0.2, 0) is 14.8 Å². The highest BCUT2D eigenvalue weighted by Gasteiger charge is 2.25. The number of benzene rings is 1. The Bertz CT molecular complexity index is 967. The van der Waals surface area contributed by atoms with Crippen molar-refractivity contribution in [3.63, 3.8) is 0 Å². The molecule has 2 aromatic rings. The molecule has 29 heavy (non-hydrogen) atoms. The van der Waals surface area contributed by atoms with Gasteiger partial charge in [-0.05, 0) is 37.5 Å². The zero-order chi connectivity index (χ0) is 21.0. The quantitative estimate of drug-likeness (QED) is 0.654. The highest BCUT2D eigenvalue weighted by molar-refractivity contribution is 7.90. The van der Waals surface area contributed by atoms with Gasteiger partial charge < -0.3 is 11.5 Å². The van der Waals surface area contributed by atoms with E-state index in [2.05, 4.69) is 14.7 Å². The molecule has 1 atom stereocenters. The fourth-order valence-corrected chi connectivity index (χ4v) is 4.79. The van der Waals surface area contributed by atoms with E-state index in [-0.39, 0.29) is 10.8 Å². The Labute approximate surface area is 171 Å². The van der Waals surface area contributed by atoms with Gasteiger partial charge >= 0.3 is 0 Å². The molecule has 0 unspecified atom stereocenters. The lowest BCUT2D eigenvalue weighted by atomic mass is 9.85. The van der Waals surface area contributed by atoms with E-state index in [9.17, 15) is 13.2 Å². The second kappa shape index (κ2) is 8.87. The number of nitrogens with two attached hydrogens (primary N) is 2. The molecule has 1 aliphatic carbocycles. The maximum absolute atomic E-state index is 12.7. The van der Waals surface area contributed by atoms with Crippen molar-refractivity contribution in [3.05, 3.63) is 36.0 Å². The van der Waals surface area contributed by atoms with Crippen molar-refractivity contribution in [2.45, 2.75) is 56.4 Å². The van der Waals surface area contributed by atoms with Gasteiger partial charge in [-0.15, -0.1) is 0 Å². The molecule has 1 fully saturated rings. The Morgan fingerprint density at radius 1 is 1.21 bits per heavy atom. The van der Waals surface area contributed by atoms with Gasteiger partial charge in [-0.1, -0.05) is 44.2 Å². The van der Waals surface area contributed by atoms with Crippen molar-refractivity contribution in [2.24, 2.45) is 11.7 Å². The first-order chi connectivity index (χ1) is 13.7. The summed E-state index contributed by atoms with van der Waals surface area (Å²) in [5.41, 5.74) is 13.4. The van der Waals surface area contributed by atoms with E-state index in [1.165, 1.54) is 18.6 Å². The molecule has 8 nitrogen and oxygen atoms in total. The van der Waals surface area contributed by atoms with Crippen LogP contribution in [0.3, 0.4) is 0 Å². The molecule has 3 rings (SSSR count). The summed E-state index contributed by atoms with van der Waals surface area (Å²) in [5, 5.41) is 0. The van der Waals surface area contributed by atoms with E-state index < -0.39 is 22.0 Å². The van der Waals surface area contributed by atoms with Crippen molar-refractivity contribution in [2.75, 3.05) is 5.73 Å². The molecule has 1 aliphatic rings. The van der Waals surface area contributed by atoms with E-state index in [1.54, 1.807) is 25.1 Å². The molecular formula is C20H27N5O3S. The zero-order valence-electron chi connectivity index (χ0n) is 16.5. The number of carbonyl (C=O) groups excluding carboxylic acids is 1. The Morgan fingerprint density at radius 2 is 1.93 bits per heavy atom. The van der Waals surface area contributed by atoms with Crippen molar-refractivity contribution in [1.82, 2.24) is 14.7 Å². The van der Waals surface area contributed by atoms with Gasteiger partial charge in [0.15, 0.2) is 0 Å². The standard InChI is InChI=1S/C20H27N5O3S/c1-13-10-18(24-20(22)23-13)15-8-5-9-16(12-15)29(27,28)25-19(26)17(21)11-14-6-3-2-4-7-14/h5,8-10,12,14,17H,2-4,6-7,11,21H2,1H3,(H,25,26)(H2,22,23,24)/t17-/m0/s1. The van der Waals surface area contributed by atoms with Gasteiger partial charge in [-0.3, -0.25) is 4.79 Å². The van der Waals surface area contributed by atoms with E-state index in [1.807, 2.05) is 0 Å². The minimum Gasteiger partial charge on any atom is -0.368 e. The number of aromatic nitrogens is 2. The Morgan fingerprint density at radius 3 is 2.62 bits per heavy atom. The van der Waals surface area contributed by atoms with Crippen molar-refractivity contribution >= 4 is 21.9 Å². The lowest BCUT2D eigenvalue weighted by Gasteiger charge is -2.24. The Hall–Kier alpha value is -2.52. The van der Waals surface area contributed by atoms with E-state index >= 15 is 0 Å². The zero-order valence-corrected chi connectivity index (χ0v) is 17.3. The third kappa shape index (κ3) is 5.51. The summed E-state index contributed by atoms with van der Waals surface area (Å²) in [6.07, 6.45) is 6.06. The molecule has 1 aromatic carbocycles. The summed E-state index contributed by atoms with van der Waals surface area (Å²) in [5.74, 6) is -0.194. The van der Waals surface area contributed by atoms with Crippen LogP contribution in [0.25, 0.3) is 11.3 Å². The first kappa shape index (κ1) is 21.2. The Balaban J connectivity index is 1.74. The number of hydrogen-bond donors (Lipinski definition) is 3. The molecule has 0 radical (unpaired) electrons. The molecule has 1 amide bonds. The summed E-state index contributed by atoms with van der Waals surface area (Å²) in [6, 6.07) is 7.04. The number of hydrogen-bond acceptors (Lipinski definition) is 7. The fourth-order valence-electron chi connectivity index (χ4n) is 3.72. The molecule has 1 saturated carbocycles. The highest BCUT2D eigenvalue weighted by atomic mass is 32.2. The van der Waals surface area contributed by atoms with Crippen LogP contribution in [0.1, 0.15) is 44.2 Å². The minimum atomic E-state index is -4.05. The molecule has 156 valence electrons. The van der Waals surface area contributed by atoms with Gasteiger partial charge in [-0.25, -0.2) is 23.1 Å². The number of amides is 1. The third-order valence-electron chi connectivity index (χ3n) is 5.20. The van der Waals surface area contributed by atoms with Crippen LogP contribution in [0.15, 0.2) is 35.2 Å². The molecule has 5 N–H and O–H groups in total. The summed E-state index contributed by atoms with van der Waals surface area (Å²) in [4.78, 5) is 20.5. The molecule has 0 saturated heterocycles. The number of aryl methyl sites for hydroxylation is 1. The van der Waals surface area contributed by atoms with Gasteiger partial charge in [0.2, 0.25) is 5.95 Å². The lowest BCUT2D eigenvalue weighted by Crippen LogP contribution is -2.44. The SMILES string of the molecule is Cc1cc(-c2cccc(S(=O)(=O)NC(=O)[C@@H](N)CC3CCCCC3)c2)nc(N)n1. The van der Waals surface area contributed by atoms with E-state index in [4.69, 9.17) is 11.5 Å². The first-order valence-electron chi connectivity index (χ1n) is 9.78. The van der Waals surface area contributed by atoms with Crippen LogP contribution in [0.4, 0.5) is 5.95 Å². The molecular weight excluding hydrogens is 390 g/mol. The number of nitrogen functional groups attached to an aromatic ring is 1. The van der Waals surface area contributed by atoms with Gasteiger partial charge in [-0.2, -0.15) is 0 Å². The third-order valence-corrected chi connectivity index (χ3v) is 6.54. The maximum Gasteiger partial charge on any atom is 0.264 e. The molecule has 1 heterocycles. The smallest absolute Gasteiger partial charge is 0.264 e. The number of anilines is 1. The van der Waals surface area contributed by atoms with Crippen LogP contribution in [0.2, 0.25) is 0 Å². The largest absolute Gasteiger partial charge is 0.368 e. The van der Waals surface area contributed by atoms with E-state index in [0.29, 0.717) is 29.3 Å². The van der Waals surface area contributed by atoms with Crippen LogP contribution in [0.5, 0.6) is 0 Å². The fraction of sp³-hybridized carbons (Fsp3) is 0.450. The van der Waals surface area contributed by atoms with Crippen LogP contribution >= 0.6 is 0 Å². The summed E-state index contributed by atoms with van der Waals surface area (Å²) in [6.45, 7) is 1.77. The van der Waals surface area contributed by atoms with Gasteiger partial charge in [0.05, 0.1) is 16.6 Å². The van der Waals surface area contributed by atoms with Gasteiger partial charge in [0.25, 0.3) is 15.9 Å². The van der Waals surface area contributed by atoms with E-state index in [0.717, 1.165) is 25.7 Å². The predicted octanol–water partition coefficient (Wildman–Crippen LogP) is 2.14.